The number of hydrogen-bond acceptors (Lipinski definition) is 7. The van der Waals surface area contributed by atoms with Crippen LogP contribution in [0, 0.1) is 0 Å². The number of anilines is 1. The molecule has 0 saturated heterocycles. The molecule has 7 nitrogen and oxygen atoms in total. The van der Waals surface area contributed by atoms with Gasteiger partial charge in [0.25, 0.3) is 5.91 Å². The lowest BCUT2D eigenvalue weighted by Gasteiger charge is -2.08. The van der Waals surface area contributed by atoms with Crippen LogP contribution in [0.25, 0.3) is 11.3 Å². The highest BCUT2D eigenvalue weighted by Gasteiger charge is 2.36. The molecule has 1 amide bonds. The summed E-state index contributed by atoms with van der Waals surface area (Å²) < 4.78 is 6.41. The number of carbonyl (C=O) groups is 1. The summed E-state index contributed by atoms with van der Waals surface area (Å²) in [6, 6.07) is 14.3. The van der Waals surface area contributed by atoms with Gasteiger partial charge in [-0.3, -0.25) is 4.79 Å². The predicted molar refractivity (Wildman–Crippen MR) is 122 cm³/mol. The Labute approximate surface area is 186 Å². The van der Waals surface area contributed by atoms with Crippen LogP contribution < -0.4 is 9.75 Å². The first-order chi connectivity index (χ1) is 14.5. The van der Waals surface area contributed by atoms with E-state index < -0.39 is 6.04 Å². The summed E-state index contributed by atoms with van der Waals surface area (Å²) in [5, 5.41) is 16.5. The normalized spacial score (nSPS) is 16.4. The van der Waals surface area contributed by atoms with Gasteiger partial charge in [-0.05, 0) is 50.2 Å². The van der Waals surface area contributed by atoms with Crippen molar-refractivity contribution < 1.29 is 9.53 Å². The van der Waals surface area contributed by atoms with E-state index in [4.69, 9.17) is 4.74 Å². The van der Waals surface area contributed by atoms with Gasteiger partial charge in [0, 0.05) is 15.4 Å². The fourth-order valence-corrected chi connectivity index (χ4v) is 3.89. The van der Waals surface area contributed by atoms with Gasteiger partial charge in [0.15, 0.2) is 6.04 Å². The molecule has 9 heteroatoms. The van der Waals surface area contributed by atoms with Crippen molar-refractivity contribution >= 4 is 49.7 Å². The zero-order valence-electron chi connectivity index (χ0n) is 16.3. The summed E-state index contributed by atoms with van der Waals surface area (Å²) in [7, 11) is 0. The standard InChI is InChI=1S/C21H18BrN5O2S/c1-3-29-17-10-8-16(9-11-17)24-25-19-13(2)26-27(20(19)28)21-23-18(12-30-21)14-4-6-15(22)7-5-14/h4-12,19H,3H2,1-2H3. The zero-order valence-corrected chi connectivity index (χ0v) is 18.7. The molecule has 2 heterocycles. The third-order valence-electron chi connectivity index (χ3n) is 4.35. The molecule has 1 atom stereocenters. The van der Waals surface area contributed by atoms with Crippen molar-refractivity contribution in [1.82, 2.24) is 4.98 Å². The highest BCUT2D eigenvalue weighted by atomic mass is 79.9. The van der Waals surface area contributed by atoms with Crippen LogP contribution in [-0.2, 0) is 4.79 Å². The maximum atomic E-state index is 12.9. The van der Waals surface area contributed by atoms with Crippen molar-refractivity contribution in [3.05, 3.63) is 58.4 Å². The van der Waals surface area contributed by atoms with Gasteiger partial charge in [-0.2, -0.15) is 20.3 Å². The minimum atomic E-state index is -0.753. The number of nitrogens with zero attached hydrogens (tertiary/aromatic N) is 5. The smallest absolute Gasteiger partial charge is 0.282 e. The van der Waals surface area contributed by atoms with Crippen LogP contribution in [0.1, 0.15) is 13.8 Å². The van der Waals surface area contributed by atoms with Crippen LogP contribution >= 0.6 is 27.3 Å². The SMILES string of the molecule is CCOc1ccc(N=NC2C(=O)N(c3nc(-c4ccc(Br)cc4)cs3)N=C2C)cc1. The number of hydrogen-bond donors (Lipinski definition) is 0. The van der Waals surface area contributed by atoms with Crippen LogP contribution in [0.2, 0.25) is 0 Å². The maximum absolute atomic E-state index is 12.9. The third kappa shape index (κ3) is 4.31. The van der Waals surface area contributed by atoms with Crippen molar-refractivity contribution in [2.24, 2.45) is 15.3 Å². The van der Waals surface area contributed by atoms with Gasteiger partial charge in [-0.25, -0.2) is 4.98 Å². The highest BCUT2D eigenvalue weighted by molar-refractivity contribution is 9.10. The lowest BCUT2D eigenvalue weighted by Crippen LogP contribution is -2.29. The molecule has 1 aliphatic rings. The zero-order chi connectivity index (χ0) is 21.1. The first kappa shape index (κ1) is 20.4. The number of benzene rings is 2. The number of aromatic nitrogens is 1. The quantitative estimate of drug-likeness (QED) is 0.412. The van der Waals surface area contributed by atoms with Crippen molar-refractivity contribution in [3.63, 3.8) is 0 Å². The highest BCUT2D eigenvalue weighted by Crippen LogP contribution is 2.31. The molecule has 0 aliphatic carbocycles. The second kappa shape index (κ2) is 8.85. The van der Waals surface area contributed by atoms with E-state index in [9.17, 15) is 4.79 Å². The number of halogens is 1. The van der Waals surface area contributed by atoms with Gasteiger partial charge in [-0.1, -0.05) is 28.1 Å². The van der Waals surface area contributed by atoms with E-state index in [0.717, 1.165) is 21.5 Å². The Morgan fingerprint density at radius 1 is 1.17 bits per heavy atom. The molecule has 3 aromatic rings. The summed E-state index contributed by atoms with van der Waals surface area (Å²) in [4.78, 5) is 17.4. The number of ether oxygens (including phenoxy) is 1. The molecule has 1 aliphatic heterocycles. The maximum Gasteiger partial charge on any atom is 0.282 e. The molecule has 4 rings (SSSR count). The van der Waals surface area contributed by atoms with E-state index in [0.29, 0.717) is 23.1 Å². The molecule has 0 fully saturated rings. The number of amides is 1. The van der Waals surface area contributed by atoms with E-state index in [1.807, 2.05) is 48.7 Å². The second-order valence-electron chi connectivity index (χ2n) is 6.46. The lowest BCUT2D eigenvalue weighted by molar-refractivity contribution is -0.117. The van der Waals surface area contributed by atoms with Crippen molar-refractivity contribution in [2.45, 2.75) is 19.9 Å². The number of rotatable bonds is 6. The van der Waals surface area contributed by atoms with Gasteiger partial charge >= 0.3 is 0 Å². The molecule has 0 N–H and O–H groups in total. The molecular weight excluding hydrogens is 466 g/mol. The van der Waals surface area contributed by atoms with Gasteiger partial charge in [0.1, 0.15) is 5.75 Å². The van der Waals surface area contributed by atoms with Crippen LogP contribution in [0.3, 0.4) is 0 Å². The fourth-order valence-electron chi connectivity index (χ4n) is 2.84. The Hall–Kier alpha value is -2.91. The van der Waals surface area contributed by atoms with Gasteiger partial charge in [-0.15, -0.1) is 11.3 Å². The topological polar surface area (TPSA) is 79.5 Å². The summed E-state index contributed by atoms with van der Waals surface area (Å²) in [5.41, 5.74) is 2.99. The molecular formula is C21H18BrN5O2S. The van der Waals surface area contributed by atoms with E-state index in [1.54, 1.807) is 19.1 Å². The number of carbonyl (C=O) groups excluding carboxylic acids is 1. The summed E-state index contributed by atoms with van der Waals surface area (Å²) in [6.07, 6.45) is 0. The predicted octanol–water partition coefficient (Wildman–Crippen LogP) is 5.85. The van der Waals surface area contributed by atoms with Crippen molar-refractivity contribution in [1.29, 1.82) is 0 Å². The van der Waals surface area contributed by atoms with E-state index in [2.05, 4.69) is 36.2 Å². The van der Waals surface area contributed by atoms with Crippen LogP contribution in [0.4, 0.5) is 10.8 Å². The summed E-state index contributed by atoms with van der Waals surface area (Å²) in [5.74, 6) is 0.501. The minimum Gasteiger partial charge on any atom is -0.494 e. The molecule has 152 valence electrons. The van der Waals surface area contributed by atoms with Crippen LogP contribution in [0.5, 0.6) is 5.75 Å². The number of hydrazone groups is 1. The average Bonchev–Trinajstić information content (AvgIpc) is 3.33. The van der Waals surface area contributed by atoms with Crippen molar-refractivity contribution in [3.8, 4) is 17.0 Å². The second-order valence-corrected chi connectivity index (χ2v) is 8.21. The van der Waals surface area contributed by atoms with Crippen LogP contribution in [0.15, 0.2) is 73.7 Å². The monoisotopic (exact) mass is 483 g/mol. The van der Waals surface area contributed by atoms with Gasteiger partial charge in [0.05, 0.1) is 23.7 Å². The largest absolute Gasteiger partial charge is 0.494 e. The molecule has 1 aromatic heterocycles. The van der Waals surface area contributed by atoms with Crippen LogP contribution in [-0.4, -0.2) is 29.3 Å². The molecule has 1 unspecified atom stereocenters. The van der Waals surface area contributed by atoms with E-state index in [1.165, 1.54) is 16.3 Å². The van der Waals surface area contributed by atoms with Gasteiger partial charge in [0.2, 0.25) is 5.13 Å². The lowest BCUT2D eigenvalue weighted by atomic mass is 10.2. The first-order valence-corrected chi connectivity index (χ1v) is 11.0. The molecule has 0 radical (unpaired) electrons. The van der Waals surface area contributed by atoms with Crippen molar-refractivity contribution in [2.75, 3.05) is 11.6 Å². The fraction of sp³-hybridized carbons (Fsp3) is 0.190. The average molecular weight is 484 g/mol. The number of azo groups is 1. The Morgan fingerprint density at radius 3 is 2.60 bits per heavy atom. The Morgan fingerprint density at radius 2 is 1.90 bits per heavy atom. The Bertz CT molecular complexity index is 1110. The Kier molecular flexibility index (Phi) is 6.01. The molecule has 0 spiro atoms. The molecule has 0 bridgehead atoms. The third-order valence-corrected chi connectivity index (χ3v) is 5.69. The molecule has 0 saturated carbocycles. The summed E-state index contributed by atoms with van der Waals surface area (Å²) in [6.45, 7) is 4.30. The molecule has 30 heavy (non-hydrogen) atoms. The van der Waals surface area contributed by atoms with E-state index in [-0.39, 0.29) is 5.91 Å². The summed E-state index contributed by atoms with van der Waals surface area (Å²) >= 11 is 4.79. The minimum absolute atomic E-state index is 0.265. The van der Waals surface area contributed by atoms with E-state index >= 15 is 0 Å². The Balaban J connectivity index is 1.49. The molecule has 2 aromatic carbocycles. The first-order valence-electron chi connectivity index (χ1n) is 9.29. The number of thiazole rings is 1. The van der Waals surface area contributed by atoms with Gasteiger partial charge < -0.3 is 4.74 Å².